The smallest absolute Gasteiger partial charge is 0.310 e. The van der Waals surface area contributed by atoms with Gasteiger partial charge in [0.05, 0.1) is 0 Å². The van der Waals surface area contributed by atoms with Crippen LogP contribution < -0.4 is 4.57 Å². The van der Waals surface area contributed by atoms with Crippen LogP contribution >= 0.6 is 0 Å². The maximum absolute atomic E-state index is 12.0. The Hall–Kier alpha value is -2.62. The summed E-state index contributed by atoms with van der Waals surface area (Å²) in [6.45, 7) is 7.29. The largest absolute Gasteiger partial charge is 0.487 e. The van der Waals surface area contributed by atoms with Gasteiger partial charge in [-0.3, -0.25) is 4.79 Å². The summed E-state index contributed by atoms with van der Waals surface area (Å²) >= 11 is 0. The first-order valence-corrected chi connectivity index (χ1v) is 10.1. The van der Waals surface area contributed by atoms with Gasteiger partial charge in [0.1, 0.15) is 24.7 Å². The lowest BCUT2D eigenvalue weighted by atomic mass is 9.94. The third-order valence-electron chi connectivity index (χ3n) is 5.15. The van der Waals surface area contributed by atoms with E-state index in [-0.39, 0.29) is 12.1 Å². The van der Waals surface area contributed by atoms with E-state index in [1.807, 2.05) is 30.6 Å². The minimum atomic E-state index is -0.194. The molecule has 28 heavy (non-hydrogen) atoms. The fraction of sp³-hybridized carbons (Fsp3) is 0.417. The van der Waals surface area contributed by atoms with Crippen molar-refractivity contribution in [3.63, 3.8) is 0 Å². The second-order valence-electron chi connectivity index (χ2n) is 7.60. The number of aromatic nitrogens is 1. The van der Waals surface area contributed by atoms with E-state index in [9.17, 15) is 4.79 Å². The second kappa shape index (κ2) is 9.54. The number of pyridine rings is 1. The lowest BCUT2D eigenvalue weighted by molar-refractivity contribution is -0.697. The summed E-state index contributed by atoms with van der Waals surface area (Å²) in [4.78, 5) is 12.0. The number of hydrogen-bond donors (Lipinski definition) is 0. The first-order chi connectivity index (χ1) is 13.5. The van der Waals surface area contributed by atoms with E-state index in [0.717, 1.165) is 38.0 Å². The fourth-order valence-corrected chi connectivity index (χ4v) is 3.90. The number of ether oxygens (including phenoxy) is 2. The minimum absolute atomic E-state index is 0.0495. The van der Waals surface area contributed by atoms with Crippen molar-refractivity contribution in [3.8, 4) is 0 Å². The van der Waals surface area contributed by atoms with Gasteiger partial charge in [-0.2, -0.15) is 0 Å². The van der Waals surface area contributed by atoms with Gasteiger partial charge in [0.15, 0.2) is 12.4 Å². The molecule has 1 aliphatic rings. The van der Waals surface area contributed by atoms with Gasteiger partial charge in [-0.05, 0) is 50.3 Å². The summed E-state index contributed by atoms with van der Waals surface area (Å²) in [6.07, 6.45) is 9.54. The average molecular weight is 381 g/mol. The van der Waals surface area contributed by atoms with Gasteiger partial charge in [0.2, 0.25) is 0 Å². The van der Waals surface area contributed by atoms with Gasteiger partial charge >= 0.3 is 5.97 Å². The summed E-state index contributed by atoms with van der Waals surface area (Å²) in [7, 11) is 0. The van der Waals surface area contributed by atoms with Crippen molar-refractivity contribution in [1.29, 1.82) is 0 Å². The van der Waals surface area contributed by atoms with Crippen molar-refractivity contribution in [1.82, 2.24) is 0 Å². The number of nitrogens with zero attached hydrogens (tertiary/aromatic N) is 1. The standard InChI is InChI=1S/C24H30NO3/c1-18-15-19(2)24(20(3)16-18)22-11-10-21(28-22)17-27-23(26)9-5-8-14-25-12-6-4-7-13-25/h4,6-7,12-13,15-17,22H,5,8-11,14H2,1-3H3/q+1. The Kier molecular flexibility index (Phi) is 6.85. The van der Waals surface area contributed by atoms with Crippen LogP contribution in [0.2, 0.25) is 0 Å². The molecule has 3 rings (SSSR count). The van der Waals surface area contributed by atoms with E-state index < -0.39 is 0 Å². The number of rotatable bonds is 7. The topological polar surface area (TPSA) is 39.4 Å². The van der Waals surface area contributed by atoms with Gasteiger partial charge in [-0.25, -0.2) is 4.57 Å². The van der Waals surface area contributed by atoms with Gasteiger partial charge < -0.3 is 9.47 Å². The first-order valence-electron chi connectivity index (χ1n) is 10.1. The van der Waals surface area contributed by atoms with Gasteiger partial charge in [0.25, 0.3) is 0 Å². The molecule has 1 saturated heterocycles. The van der Waals surface area contributed by atoms with Gasteiger partial charge in [-0.1, -0.05) is 23.8 Å². The molecule has 0 bridgehead atoms. The molecule has 4 nitrogen and oxygen atoms in total. The Morgan fingerprint density at radius 2 is 1.86 bits per heavy atom. The highest BCUT2D eigenvalue weighted by Crippen LogP contribution is 2.38. The van der Waals surface area contributed by atoms with Crippen LogP contribution in [-0.4, -0.2) is 5.97 Å². The Morgan fingerprint density at radius 3 is 2.57 bits per heavy atom. The third-order valence-corrected chi connectivity index (χ3v) is 5.15. The van der Waals surface area contributed by atoms with E-state index in [1.165, 1.54) is 28.5 Å². The molecule has 2 aromatic rings. The van der Waals surface area contributed by atoms with Crippen molar-refractivity contribution in [2.45, 2.75) is 65.5 Å². The van der Waals surface area contributed by atoms with Crippen LogP contribution in [0.4, 0.5) is 0 Å². The predicted octanol–water partition coefficient (Wildman–Crippen LogP) is 5.01. The van der Waals surface area contributed by atoms with Crippen molar-refractivity contribution >= 4 is 5.97 Å². The summed E-state index contributed by atoms with van der Waals surface area (Å²) in [5.41, 5.74) is 5.06. The molecule has 0 radical (unpaired) electrons. The monoisotopic (exact) mass is 380 g/mol. The van der Waals surface area contributed by atoms with Crippen LogP contribution in [0.1, 0.15) is 60.5 Å². The molecule has 0 amide bonds. The lowest BCUT2D eigenvalue weighted by Gasteiger charge is -2.17. The van der Waals surface area contributed by atoms with E-state index in [4.69, 9.17) is 9.47 Å². The lowest BCUT2D eigenvalue weighted by Crippen LogP contribution is -2.32. The molecule has 1 atom stereocenters. The number of hydrogen-bond acceptors (Lipinski definition) is 3. The minimum Gasteiger partial charge on any atom is -0.487 e. The molecule has 1 aromatic carbocycles. The predicted molar refractivity (Wildman–Crippen MR) is 108 cm³/mol. The summed E-state index contributed by atoms with van der Waals surface area (Å²) in [6, 6.07) is 10.4. The molecule has 4 heteroatoms. The van der Waals surface area contributed by atoms with E-state index in [0.29, 0.717) is 6.42 Å². The van der Waals surface area contributed by atoms with Crippen molar-refractivity contribution in [3.05, 3.63) is 77.0 Å². The van der Waals surface area contributed by atoms with Crippen LogP contribution in [0.15, 0.2) is 54.7 Å². The number of carbonyl (C=O) groups excluding carboxylic acids is 1. The zero-order chi connectivity index (χ0) is 19.9. The van der Waals surface area contributed by atoms with Crippen molar-refractivity contribution in [2.75, 3.05) is 0 Å². The van der Waals surface area contributed by atoms with E-state index in [1.54, 1.807) is 0 Å². The number of benzene rings is 1. The Balaban J connectivity index is 1.43. The average Bonchev–Trinajstić information content (AvgIpc) is 3.12. The van der Waals surface area contributed by atoms with Crippen molar-refractivity contribution < 1.29 is 18.8 Å². The number of aryl methyl sites for hydroxylation is 4. The summed E-state index contributed by atoms with van der Waals surface area (Å²) in [5, 5.41) is 0. The normalized spacial score (nSPS) is 17.5. The Morgan fingerprint density at radius 1 is 1.14 bits per heavy atom. The highest BCUT2D eigenvalue weighted by atomic mass is 16.5. The molecule has 0 spiro atoms. The second-order valence-corrected chi connectivity index (χ2v) is 7.60. The van der Waals surface area contributed by atoms with Gasteiger partial charge in [0, 0.05) is 31.4 Å². The zero-order valence-electron chi connectivity index (χ0n) is 17.1. The van der Waals surface area contributed by atoms with E-state index in [2.05, 4.69) is 37.5 Å². The maximum Gasteiger partial charge on any atom is 0.310 e. The molecule has 1 unspecified atom stereocenters. The van der Waals surface area contributed by atoms with Crippen LogP contribution in [0.5, 0.6) is 0 Å². The first kappa shape index (κ1) is 20.1. The Bertz CT molecular complexity index is 819. The van der Waals surface area contributed by atoms with Crippen LogP contribution in [0.25, 0.3) is 0 Å². The SMILES string of the molecule is Cc1cc(C)c(C2CCC(=COC(=O)CCCC[n+]3ccccc3)O2)c(C)c1. The number of carbonyl (C=O) groups is 1. The molecular formula is C24H30NO3+. The van der Waals surface area contributed by atoms with Crippen LogP contribution in [0, 0.1) is 20.8 Å². The number of allylic oxidation sites excluding steroid dienone is 1. The molecule has 0 N–H and O–H groups in total. The van der Waals surface area contributed by atoms with Crippen LogP contribution in [-0.2, 0) is 20.8 Å². The molecule has 1 aliphatic heterocycles. The quantitative estimate of drug-likeness (QED) is 0.293. The van der Waals surface area contributed by atoms with Crippen LogP contribution in [0.3, 0.4) is 0 Å². The maximum atomic E-state index is 12.0. The number of esters is 1. The van der Waals surface area contributed by atoms with Crippen molar-refractivity contribution in [2.24, 2.45) is 0 Å². The third kappa shape index (κ3) is 5.44. The molecule has 148 valence electrons. The molecular weight excluding hydrogens is 350 g/mol. The van der Waals surface area contributed by atoms with E-state index >= 15 is 0 Å². The molecule has 1 aromatic heterocycles. The molecule has 0 aliphatic carbocycles. The molecule has 0 saturated carbocycles. The summed E-state index contributed by atoms with van der Waals surface area (Å²) in [5.74, 6) is 0.567. The molecule has 1 fully saturated rings. The molecule has 2 heterocycles. The Labute approximate surface area is 167 Å². The zero-order valence-corrected chi connectivity index (χ0v) is 17.1. The fourth-order valence-electron chi connectivity index (χ4n) is 3.90. The highest BCUT2D eigenvalue weighted by molar-refractivity contribution is 5.69. The summed E-state index contributed by atoms with van der Waals surface area (Å²) < 4.78 is 13.5. The highest BCUT2D eigenvalue weighted by Gasteiger charge is 2.25. The number of unbranched alkanes of at least 4 members (excludes halogenated alkanes) is 1. The van der Waals surface area contributed by atoms with Gasteiger partial charge in [-0.15, -0.1) is 0 Å².